The summed E-state index contributed by atoms with van der Waals surface area (Å²) in [4.78, 5) is 6.99. The number of ether oxygens (including phenoxy) is 1. The molecule has 2 fully saturated rings. The van der Waals surface area contributed by atoms with Gasteiger partial charge in [-0.2, -0.15) is 0 Å². The molecule has 6 nitrogen and oxygen atoms in total. The van der Waals surface area contributed by atoms with E-state index in [1.54, 1.807) is 0 Å². The van der Waals surface area contributed by atoms with E-state index >= 15 is 0 Å². The highest BCUT2D eigenvalue weighted by Crippen LogP contribution is 2.31. The van der Waals surface area contributed by atoms with Crippen LogP contribution >= 0.6 is 0 Å². The number of hydrogen-bond acceptors (Lipinski definition) is 6. The molecule has 0 amide bonds. The maximum Gasteiger partial charge on any atom is 0.154 e. The van der Waals surface area contributed by atoms with Crippen LogP contribution in [0, 0.1) is 6.92 Å². The van der Waals surface area contributed by atoms with Gasteiger partial charge in [0, 0.05) is 45.3 Å². The number of nitrogens with zero attached hydrogens (tertiary/aromatic N) is 4. The van der Waals surface area contributed by atoms with E-state index in [0.29, 0.717) is 5.92 Å². The zero-order valence-electron chi connectivity index (χ0n) is 11.4. The first-order valence-corrected chi connectivity index (χ1v) is 7.09. The SMILES string of the molecule is Cc1nnc(C2CCOCC2)c(N2CCNCC2)n1. The van der Waals surface area contributed by atoms with Gasteiger partial charge in [-0.25, -0.2) is 4.98 Å². The van der Waals surface area contributed by atoms with Gasteiger partial charge in [-0.05, 0) is 19.8 Å². The predicted molar refractivity (Wildman–Crippen MR) is 72.4 cm³/mol. The summed E-state index contributed by atoms with van der Waals surface area (Å²) >= 11 is 0. The first-order chi connectivity index (χ1) is 9.34. The van der Waals surface area contributed by atoms with E-state index < -0.39 is 0 Å². The first-order valence-electron chi connectivity index (χ1n) is 7.09. The fourth-order valence-corrected chi connectivity index (χ4v) is 2.75. The summed E-state index contributed by atoms with van der Waals surface area (Å²) in [5.74, 6) is 2.24. The molecule has 1 aromatic rings. The number of hydrogen-bond donors (Lipinski definition) is 1. The molecule has 104 valence electrons. The van der Waals surface area contributed by atoms with Crippen LogP contribution in [0.5, 0.6) is 0 Å². The van der Waals surface area contributed by atoms with Gasteiger partial charge < -0.3 is 15.0 Å². The number of rotatable bonds is 2. The lowest BCUT2D eigenvalue weighted by molar-refractivity contribution is 0.0843. The lowest BCUT2D eigenvalue weighted by atomic mass is 9.96. The van der Waals surface area contributed by atoms with Crippen LogP contribution in [0.4, 0.5) is 5.82 Å². The predicted octanol–water partition coefficient (Wildman–Crippen LogP) is 0.484. The highest BCUT2D eigenvalue weighted by molar-refractivity contribution is 5.45. The molecule has 0 spiro atoms. The molecule has 1 aromatic heterocycles. The lowest BCUT2D eigenvalue weighted by Gasteiger charge is -2.31. The summed E-state index contributed by atoms with van der Waals surface area (Å²) in [6, 6.07) is 0. The molecular weight excluding hydrogens is 242 g/mol. The monoisotopic (exact) mass is 263 g/mol. The molecule has 3 rings (SSSR count). The molecule has 0 aromatic carbocycles. The molecule has 0 aliphatic carbocycles. The van der Waals surface area contributed by atoms with Crippen molar-refractivity contribution in [3.8, 4) is 0 Å². The molecule has 3 heterocycles. The topological polar surface area (TPSA) is 63.2 Å². The van der Waals surface area contributed by atoms with Crippen molar-refractivity contribution in [2.75, 3.05) is 44.3 Å². The van der Waals surface area contributed by atoms with Crippen molar-refractivity contribution in [3.63, 3.8) is 0 Å². The Morgan fingerprint density at radius 2 is 1.89 bits per heavy atom. The van der Waals surface area contributed by atoms with Crippen LogP contribution in [-0.4, -0.2) is 54.6 Å². The van der Waals surface area contributed by atoms with Crippen LogP contribution in [0.3, 0.4) is 0 Å². The van der Waals surface area contributed by atoms with Crippen molar-refractivity contribution >= 4 is 5.82 Å². The second-order valence-electron chi connectivity index (χ2n) is 5.19. The average Bonchev–Trinajstić information content (AvgIpc) is 2.49. The number of nitrogens with one attached hydrogen (secondary N) is 1. The van der Waals surface area contributed by atoms with E-state index in [1.165, 1.54) is 0 Å². The standard InChI is InChI=1S/C13H21N5O/c1-10-15-13(18-6-4-14-5-7-18)12(17-16-10)11-2-8-19-9-3-11/h11,14H,2-9H2,1H3. The molecule has 2 aliphatic rings. The van der Waals surface area contributed by atoms with Crippen LogP contribution in [0.2, 0.25) is 0 Å². The van der Waals surface area contributed by atoms with Gasteiger partial charge in [0.15, 0.2) is 5.82 Å². The second-order valence-corrected chi connectivity index (χ2v) is 5.19. The Hall–Kier alpha value is -1.27. The maximum absolute atomic E-state index is 5.44. The molecule has 2 saturated heterocycles. The first kappa shape index (κ1) is 12.7. The Kier molecular flexibility index (Phi) is 3.89. The molecular formula is C13H21N5O. The van der Waals surface area contributed by atoms with Crippen LogP contribution in [0.1, 0.15) is 30.3 Å². The lowest BCUT2D eigenvalue weighted by Crippen LogP contribution is -2.44. The molecule has 0 atom stereocenters. The minimum Gasteiger partial charge on any atom is -0.381 e. The number of piperazine rings is 1. The summed E-state index contributed by atoms with van der Waals surface area (Å²) in [7, 11) is 0. The minimum absolute atomic E-state index is 0.444. The van der Waals surface area contributed by atoms with Crippen molar-refractivity contribution in [3.05, 3.63) is 11.5 Å². The zero-order valence-corrected chi connectivity index (χ0v) is 11.4. The van der Waals surface area contributed by atoms with E-state index in [2.05, 4.69) is 25.4 Å². The molecule has 19 heavy (non-hydrogen) atoms. The summed E-state index contributed by atoms with van der Waals surface area (Å²) in [6.07, 6.45) is 2.05. The van der Waals surface area contributed by atoms with Gasteiger partial charge in [0.05, 0.1) is 0 Å². The summed E-state index contributed by atoms with van der Waals surface area (Å²) < 4.78 is 5.44. The van der Waals surface area contributed by atoms with Crippen LogP contribution in [0.25, 0.3) is 0 Å². The minimum atomic E-state index is 0.444. The summed E-state index contributed by atoms with van der Waals surface area (Å²) in [5, 5.41) is 12.0. The zero-order chi connectivity index (χ0) is 13.1. The fraction of sp³-hybridized carbons (Fsp3) is 0.769. The summed E-state index contributed by atoms with van der Waals surface area (Å²) in [6.45, 7) is 7.56. The average molecular weight is 263 g/mol. The summed E-state index contributed by atoms with van der Waals surface area (Å²) in [5.41, 5.74) is 1.07. The third kappa shape index (κ3) is 2.84. The van der Waals surface area contributed by atoms with Crippen molar-refractivity contribution in [1.29, 1.82) is 0 Å². The molecule has 6 heteroatoms. The Labute approximate surface area is 113 Å². The molecule has 2 aliphatic heterocycles. The highest BCUT2D eigenvalue weighted by atomic mass is 16.5. The van der Waals surface area contributed by atoms with E-state index in [0.717, 1.165) is 69.6 Å². The molecule has 0 bridgehead atoms. The van der Waals surface area contributed by atoms with Crippen molar-refractivity contribution in [2.45, 2.75) is 25.7 Å². The second kappa shape index (κ2) is 5.79. The highest BCUT2D eigenvalue weighted by Gasteiger charge is 2.25. The Morgan fingerprint density at radius 3 is 2.63 bits per heavy atom. The smallest absolute Gasteiger partial charge is 0.154 e. The van der Waals surface area contributed by atoms with Crippen molar-refractivity contribution in [1.82, 2.24) is 20.5 Å². The van der Waals surface area contributed by atoms with Crippen LogP contribution in [0.15, 0.2) is 0 Å². The largest absolute Gasteiger partial charge is 0.381 e. The van der Waals surface area contributed by atoms with E-state index in [-0.39, 0.29) is 0 Å². The quantitative estimate of drug-likeness (QED) is 0.837. The van der Waals surface area contributed by atoms with E-state index in [4.69, 9.17) is 4.74 Å². The third-order valence-electron chi connectivity index (χ3n) is 3.82. The van der Waals surface area contributed by atoms with Crippen LogP contribution in [-0.2, 0) is 4.74 Å². The Bertz CT molecular complexity index is 427. The van der Waals surface area contributed by atoms with Gasteiger partial charge >= 0.3 is 0 Å². The molecule has 0 unspecified atom stereocenters. The Balaban J connectivity index is 1.88. The third-order valence-corrected chi connectivity index (χ3v) is 3.82. The van der Waals surface area contributed by atoms with Gasteiger partial charge in [0.1, 0.15) is 11.5 Å². The van der Waals surface area contributed by atoms with Gasteiger partial charge in [0.25, 0.3) is 0 Å². The Morgan fingerprint density at radius 1 is 1.16 bits per heavy atom. The van der Waals surface area contributed by atoms with Crippen molar-refractivity contribution < 1.29 is 4.74 Å². The molecule has 0 radical (unpaired) electrons. The van der Waals surface area contributed by atoms with Gasteiger partial charge in [0.2, 0.25) is 0 Å². The molecule has 1 N–H and O–H groups in total. The fourth-order valence-electron chi connectivity index (χ4n) is 2.75. The number of anilines is 1. The van der Waals surface area contributed by atoms with Gasteiger partial charge in [-0.1, -0.05) is 0 Å². The van der Waals surface area contributed by atoms with Crippen LogP contribution < -0.4 is 10.2 Å². The maximum atomic E-state index is 5.44. The van der Waals surface area contributed by atoms with Gasteiger partial charge in [-0.3, -0.25) is 0 Å². The normalized spacial score (nSPS) is 21.6. The number of aromatic nitrogens is 3. The number of aryl methyl sites for hydroxylation is 1. The van der Waals surface area contributed by atoms with Gasteiger partial charge in [-0.15, -0.1) is 10.2 Å². The molecule has 0 saturated carbocycles. The van der Waals surface area contributed by atoms with E-state index in [1.807, 2.05) is 6.92 Å². The van der Waals surface area contributed by atoms with E-state index in [9.17, 15) is 0 Å². The van der Waals surface area contributed by atoms with Crippen molar-refractivity contribution in [2.24, 2.45) is 0 Å².